The number of imidazole rings is 2. The number of rotatable bonds is 16. The van der Waals surface area contributed by atoms with Crippen molar-refractivity contribution >= 4 is 75.3 Å². The predicted molar refractivity (Wildman–Crippen MR) is 296 cm³/mol. The highest BCUT2D eigenvalue weighted by Gasteiger charge is 2.67. The average molecular weight is 1140 g/mol. The molecule has 6 atom stereocenters. The number of aromatic nitrogens is 6. The van der Waals surface area contributed by atoms with Gasteiger partial charge in [-0.1, -0.05) is 35.1 Å². The molecule has 10 rings (SSSR count). The fourth-order valence-electron chi connectivity index (χ4n) is 12.9. The first-order valence-electron chi connectivity index (χ1n) is 25.1. The second-order valence-corrected chi connectivity index (χ2v) is 28.3. The minimum Gasteiger partial charge on any atom is -0.497 e. The molecule has 0 N–H and O–H groups in total. The standard InChI is InChI=1S/2C27H33N3O6S2.CH4/c1-16-13-28-21(17(2)24(16)36-6)14-37(32)25-29-20-12-19(35-5)7-8-22(20)30(25)38(33,34)15-27-10-9-18(11-23(27)31)26(27,3)4;1-16-13-28-21(17(2)24(16)36-6)14-37(32)25-29-20-8-7-19(35-5)12-22(20)30(25)38(33,34)15-27-10-9-18(11-23(27)31)26(27,3)4;/h2*7-8,12-13,18H,9-11,14-15H2,1-6H3;1H4/t2*18?,27?,37-;/m00./s1. The van der Waals surface area contributed by atoms with Gasteiger partial charge in [-0.25, -0.2) is 34.7 Å². The minimum atomic E-state index is -4.16. The summed E-state index contributed by atoms with van der Waals surface area (Å²) in [6.07, 6.45) is 6.82. The molecule has 4 bridgehead atoms. The van der Waals surface area contributed by atoms with E-state index < -0.39 is 63.3 Å². The Morgan fingerprint density at radius 2 is 1.01 bits per heavy atom. The third kappa shape index (κ3) is 9.29. The Balaban J connectivity index is 0.000000201. The highest BCUT2D eigenvalue weighted by Crippen LogP contribution is 2.65. The van der Waals surface area contributed by atoms with Crippen molar-refractivity contribution in [3.63, 3.8) is 0 Å². The molecule has 2 aromatic carbocycles. The number of ether oxygens (including phenoxy) is 4. The van der Waals surface area contributed by atoms with E-state index in [9.17, 15) is 34.8 Å². The zero-order valence-electron chi connectivity index (χ0n) is 45.1. The summed E-state index contributed by atoms with van der Waals surface area (Å²) in [5, 5.41) is -0.189. The van der Waals surface area contributed by atoms with Gasteiger partial charge in [0.05, 0.1) is 117 Å². The van der Waals surface area contributed by atoms with Crippen LogP contribution in [0, 0.1) is 61.2 Å². The van der Waals surface area contributed by atoms with Crippen molar-refractivity contribution in [3.8, 4) is 23.0 Å². The summed E-state index contributed by atoms with van der Waals surface area (Å²) in [5.74, 6) is 1.80. The number of benzene rings is 2. The summed E-state index contributed by atoms with van der Waals surface area (Å²) in [5.41, 5.74) is 2.70. The maximum absolute atomic E-state index is 14.2. The van der Waals surface area contributed by atoms with Crippen molar-refractivity contribution in [2.45, 2.75) is 123 Å². The molecular weight excluding hydrogens is 1060 g/mol. The number of Topliss-reactive ketones (excluding diaryl/α,β-unsaturated/α-hetero) is 2. The van der Waals surface area contributed by atoms with Crippen LogP contribution in [0.5, 0.6) is 23.0 Å². The number of ketones is 2. The van der Waals surface area contributed by atoms with Crippen LogP contribution in [-0.4, -0.2) is 105 Å². The van der Waals surface area contributed by atoms with Crippen LogP contribution >= 0.6 is 0 Å². The number of methoxy groups -OCH3 is 4. The Morgan fingerprint density at radius 1 is 0.597 bits per heavy atom. The zero-order valence-corrected chi connectivity index (χ0v) is 48.3. The van der Waals surface area contributed by atoms with E-state index in [2.05, 4.69) is 19.9 Å². The fraction of sp³-hybridized carbons (Fsp3) is 0.527. The molecule has 4 aromatic heterocycles. The van der Waals surface area contributed by atoms with E-state index >= 15 is 0 Å². The second-order valence-electron chi connectivity index (χ2n) is 21.9. The number of carbonyl (C=O) groups excluding carboxylic acids is 2. The average Bonchev–Trinajstić information content (AvgIpc) is 4.22. The lowest BCUT2D eigenvalue weighted by molar-refractivity contribution is -0.128. The number of carbonyl (C=O) groups is 2. The number of hydrogen-bond donors (Lipinski definition) is 0. The lowest BCUT2D eigenvalue weighted by Gasteiger charge is -2.36. The molecule has 4 aliphatic rings. The van der Waals surface area contributed by atoms with E-state index in [1.54, 1.807) is 63.0 Å². The summed E-state index contributed by atoms with van der Waals surface area (Å²) in [6.45, 7) is 15.4. The van der Waals surface area contributed by atoms with E-state index in [0.29, 0.717) is 76.6 Å². The second kappa shape index (κ2) is 20.6. The van der Waals surface area contributed by atoms with Crippen molar-refractivity contribution in [2.24, 2.45) is 33.5 Å². The quantitative estimate of drug-likeness (QED) is 0.0883. The molecule has 0 spiro atoms. The molecule has 0 aliphatic heterocycles. The van der Waals surface area contributed by atoms with Crippen LogP contribution in [0.4, 0.5) is 0 Å². The molecule has 0 amide bonds. The van der Waals surface area contributed by atoms with Crippen molar-refractivity contribution in [2.75, 3.05) is 39.9 Å². The number of fused-ring (bicyclic) bond motifs is 6. The lowest BCUT2D eigenvalue weighted by atomic mass is 9.70. The predicted octanol–water partition coefficient (Wildman–Crippen LogP) is 8.53. The van der Waals surface area contributed by atoms with Gasteiger partial charge >= 0.3 is 0 Å². The number of hydrogen-bond acceptors (Lipinski definition) is 16. The SMILES string of the molecule is C.COc1ccc2c(c1)nc([S@@](=O)Cc1ncc(C)c(OC)c1C)n2S(=O)(=O)CC12CCC(CC1=O)C2(C)C.COc1ccc2nc([S@@](=O)Cc3ncc(C)c(OC)c3C)n(S(=O)(=O)CC34CCC(CC3=O)C4(C)C)c2c1. The van der Waals surface area contributed by atoms with E-state index in [4.69, 9.17) is 18.9 Å². The topological polar surface area (TPSA) is 235 Å². The Hall–Kier alpha value is -5.58. The first-order valence-corrected chi connectivity index (χ1v) is 31.0. The Kier molecular flexibility index (Phi) is 15.4. The van der Waals surface area contributed by atoms with Crippen LogP contribution in [0.15, 0.2) is 59.1 Å². The Labute approximate surface area is 456 Å². The van der Waals surface area contributed by atoms with Crippen molar-refractivity contribution in [1.82, 2.24) is 27.9 Å². The van der Waals surface area contributed by atoms with Crippen molar-refractivity contribution in [1.29, 1.82) is 0 Å². The monoisotopic (exact) mass is 1130 g/mol. The van der Waals surface area contributed by atoms with Gasteiger partial charge in [0, 0.05) is 59.6 Å². The number of pyridine rings is 2. The third-order valence-electron chi connectivity index (χ3n) is 17.7. The third-order valence-corrected chi connectivity index (χ3v) is 23.9. The van der Waals surface area contributed by atoms with E-state index in [1.165, 1.54) is 14.2 Å². The Morgan fingerprint density at radius 3 is 1.42 bits per heavy atom. The molecule has 416 valence electrons. The molecule has 4 heterocycles. The molecule has 6 aromatic rings. The Bertz CT molecular complexity index is 3590. The number of aryl methyl sites for hydroxylation is 2. The molecule has 0 radical (unpaired) electrons. The summed E-state index contributed by atoms with van der Waals surface area (Å²) < 4.78 is 108. The van der Waals surface area contributed by atoms with Crippen LogP contribution in [0.3, 0.4) is 0 Å². The molecule has 18 nitrogen and oxygen atoms in total. The maximum atomic E-state index is 14.2. The molecule has 4 aliphatic carbocycles. The summed E-state index contributed by atoms with van der Waals surface area (Å²) in [4.78, 5) is 44.3. The molecule has 77 heavy (non-hydrogen) atoms. The van der Waals surface area contributed by atoms with Gasteiger partial charge < -0.3 is 18.9 Å². The highest BCUT2D eigenvalue weighted by atomic mass is 32.2. The smallest absolute Gasteiger partial charge is 0.242 e. The van der Waals surface area contributed by atoms with Crippen LogP contribution in [0.25, 0.3) is 22.1 Å². The number of nitrogens with zero attached hydrogens (tertiary/aromatic N) is 6. The van der Waals surface area contributed by atoms with Crippen LogP contribution in [0.1, 0.15) is 107 Å². The van der Waals surface area contributed by atoms with Gasteiger partial charge in [0.15, 0.2) is 0 Å². The van der Waals surface area contributed by atoms with Gasteiger partial charge in [0.1, 0.15) is 34.6 Å². The molecule has 22 heteroatoms. The first kappa shape index (κ1) is 57.6. The normalized spacial score (nSPS) is 22.9. The van der Waals surface area contributed by atoms with Gasteiger partial charge in [-0.05, 0) is 100 Å². The molecule has 4 unspecified atom stereocenters. The highest BCUT2D eigenvalue weighted by molar-refractivity contribution is 7.91. The zero-order chi connectivity index (χ0) is 55.2. The van der Waals surface area contributed by atoms with Crippen molar-refractivity contribution in [3.05, 3.63) is 82.4 Å². The van der Waals surface area contributed by atoms with Gasteiger partial charge in [0.2, 0.25) is 30.4 Å². The van der Waals surface area contributed by atoms with Crippen LogP contribution in [-0.2, 0) is 62.7 Å². The van der Waals surface area contributed by atoms with E-state index in [-0.39, 0.29) is 69.7 Å². The van der Waals surface area contributed by atoms with E-state index in [0.717, 1.165) is 43.0 Å². The molecular formula is C55H70N6O12S4. The summed E-state index contributed by atoms with van der Waals surface area (Å²) >= 11 is 0. The fourth-order valence-corrected chi connectivity index (χ4v) is 20.7. The molecule has 4 fully saturated rings. The van der Waals surface area contributed by atoms with Gasteiger partial charge in [-0.15, -0.1) is 0 Å². The summed E-state index contributed by atoms with van der Waals surface area (Å²) in [6, 6.07) is 9.78. The van der Waals surface area contributed by atoms with Gasteiger partial charge in [0.25, 0.3) is 0 Å². The maximum Gasteiger partial charge on any atom is 0.242 e. The van der Waals surface area contributed by atoms with Crippen LogP contribution in [0.2, 0.25) is 0 Å². The van der Waals surface area contributed by atoms with E-state index in [1.807, 2.05) is 55.4 Å². The molecule has 0 saturated heterocycles. The molecule has 4 saturated carbocycles. The lowest BCUT2D eigenvalue weighted by Crippen LogP contribution is -2.43. The largest absolute Gasteiger partial charge is 0.497 e. The minimum absolute atomic E-state index is 0. The van der Waals surface area contributed by atoms with Crippen LogP contribution < -0.4 is 18.9 Å². The summed E-state index contributed by atoms with van der Waals surface area (Å²) in [7, 11) is -5.90. The van der Waals surface area contributed by atoms with Gasteiger partial charge in [-0.2, -0.15) is 0 Å². The first-order chi connectivity index (χ1) is 35.7. The van der Waals surface area contributed by atoms with Crippen molar-refractivity contribution < 1.29 is 53.8 Å². The van der Waals surface area contributed by atoms with Gasteiger partial charge in [-0.3, -0.25) is 28.0 Å².